The molecule has 136 valence electrons. The van der Waals surface area contributed by atoms with Crippen molar-refractivity contribution in [3.63, 3.8) is 0 Å². The van der Waals surface area contributed by atoms with Gasteiger partial charge in [0.05, 0.1) is 23.1 Å². The van der Waals surface area contributed by atoms with Crippen LogP contribution in [-0.2, 0) is 0 Å². The second-order valence-corrected chi connectivity index (χ2v) is 7.35. The molecular formula is C18H22N6O2. The van der Waals surface area contributed by atoms with Crippen molar-refractivity contribution in [1.29, 1.82) is 0 Å². The normalized spacial score (nSPS) is 23.4. The highest BCUT2D eigenvalue weighted by Crippen LogP contribution is 2.36. The Morgan fingerprint density at radius 1 is 1.35 bits per heavy atom. The summed E-state index contributed by atoms with van der Waals surface area (Å²) in [5.41, 5.74) is 7.62. The summed E-state index contributed by atoms with van der Waals surface area (Å²) in [7, 11) is 0. The number of pyridine rings is 1. The number of nitrogens with one attached hydrogen (secondary N) is 1. The maximum atomic E-state index is 13.3. The molecule has 26 heavy (non-hydrogen) atoms. The molecule has 0 aromatic carbocycles. The minimum Gasteiger partial charge on any atom is -0.390 e. The number of hydrogen-bond acceptors (Lipinski definition) is 6. The molecular weight excluding hydrogens is 332 g/mol. The molecule has 3 aromatic rings. The van der Waals surface area contributed by atoms with Gasteiger partial charge in [-0.15, -0.1) is 0 Å². The predicted octanol–water partition coefficient (Wildman–Crippen LogP) is 1.94. The van der Waals surface area contributed by atoms with E-state index in [4.69, 9.17) is 5.73 Å². The number of fused-ring (bicyclic) bond motifs is 1. The third-order valence-electron chi connectivity index (χ3n) is 5.31. The van der Waals surface area contributed by atoms with Gasteiger partial charge in [0.1, 0.15) is 5.65 Å². The zero-order valence-corrected chi connectivity index (χ0v) is 14.9. The van der Waals surface area contributed by atoms with E-state index in [1.807, 2.05) is 19.9 Å². The molecule has 0 aliphatic heterocycles. The van der Waals surface area contributed by atoms with Gasteiger partial charge in [0.15, 0.2) is 0 Å². The minimum absolute atomic E-state index is 0.0363. The fourth-order valence-corrected chi connectivity index (χ4v) is 3.80. The summed E-state index contributed by atoms with van der Waals surface area (Å²) < 4.78 is 1.73. The van der Waals surface area contributed by atoms with E-state index in [0.29, 0.717) is 36.9 Å². The monoisotopic (exact) mass is 354 g/mol. The van der Waals surface area contributed by atoms with Gasteiger partial charge in [0.2, 0.25) is 5.95 Å². The first-order valence-electron chi connectivity index (χ1n) is 8.77. The second kappa shape index (κ2) is 5.91. The van der Waals surface area contributed by atoms with Crippen LogP contribution in [0.4, 0.5) is 5.95 Å². The summed E-state index contributed by atoms with van der Waals surface area (Å²) in [5, 5.41) is 17.8. The van der Waals surface area contributed by atoms with Crippen molar-refractivity contribution in [3.8, 4) is 11.1 Å². The predicted molar refractivity (Wildman–Crippen MR) is 98.7 cm³/mol. The average molecular weight is 354 g/mol. The Bertz CT molecular complexity index is 1010. The molecule has 1 fully saturated rings. The van der Waals surface area contributed by atoms with E-state index < -0.39 is 5.60 Å². The molecule has 0 saturated heterocycles. The van der Waals surface area contributed by atoms with Gasteiger partial charge in [-0.3, -0.25) is 14.5 Å². The molecule has 8 nitrogen and oxygen atoms in total. The summed E-state index contributed by atoms with van der Waals surface area (Å²) in [5.74, 6) is 0.155. The zero-order valence-electron chi connectivity index (χ0n) is 14.9. The van der Waals surface area contributed by atoms with Crippen LogP contribution >= 0.6 is 0 Å². The summed E-state index contributed by atoms with van der Waals surface area (Å²) >= 11 is 0. The quantitative estimate of drug-likeness (QED) is 0.646. The molecule has 0 atom stereocenters. The van der Waals surface area contributed by atoms with Crippen molar-refractivity contribution in [2.45, 2.75) is 51.2 Å². The third-order valence-corrected chi connectivity index (χ3v) is 5.31. The van der Waals surface area contributed by atoms with Crippen LogP contribution in [0.1, 0.15) is 44.3 Å². The summed E-state index contributed by atoms with van der Waals surface area (Å²) in [6.45, 7) is 3.70. The van der Waals surface area contributed by atoms with Crippen LogP contribution in [0.2, 0.25) is 0 Å². The Morgan fingerprint density at radius 3 is 2.73 bits per heavy atom. The van der Waals surface area contributed by atoms with Crippen molar-refractivity contribution in [1.82, 2.24) is 24.7 Å². The Morgan fingerprint density at radius 2 is 2.08 bits per heavy atom. The molecule has 0 unspecified atom stereocenters. The fraction of sp³-hybridized carbons (Fsp3) is 0.444. The van der Waals surface area contributed by atoms with E-state index in [-0.39, 0.29) is 17.5 Å². The molecule has 0 radical (unpaired) electrons. The topological polar surface area (TPSA) is 123 Å². The van der Waals surface area contributed by atoms with E-state index in [1.54, 1.807) is 17.0 Å². The Balaban J connectivity index is 1.97. The molecule has 0 amide bonds. The molecule has 1 aliphatic carbocycles. The number of aryl methyl sites for hydroxylation is 1. The SMILES string of the molecule is Cc1nc(N)nc2c1cc(-c1cn[nH]c1)c(=O)n2C1CCC(C)(O)CC1. The molecule has 3 heterocycles. The Labute approximate surface area is 150 Å². The highest BCUT2D eigenvalue weighted by Gasteiger charge is 2.31. The lowest BCUT2D eigenvalue weighted by atomic mass is 9.83. The summed E-state index contributed by atoms with van der Waals surface area (Å²) in [6, 6.07) is 1.78. The maximum Gasteiger partial charge on any atom is 0.260 e. The highest BCUT2D eigenvalue weighted by molar-refractivity contribution is 5.83. The van der Waals surface area contributed by atoms with Crippen molar-refractivity contribution in [3.05, 3.63) is 34.5 Å². The van der Waals surface area contributed by atoms with Gasteiger partial charge in [-0.2, -0.15) is 10.1 Å². The van der Waals surface area contributed by atoms with Crippen LogP contribution in [-0.4, -0.2) is 35.4 Å². The number of nitrogens with two attached hydrogens (primary N) is 1. The number of anilines is 1. The molecule has 0 spiro atoms. The van der Waals surface area contributed by atoms with Gasteiger partial charge in [-0.1, -0.05) is 0 Å². The van der Waals surface area contributed by atoms with Crippen molar-refractivity contribution < 1.29 is 5.11 Å². The van der Waals surface area contributed by atoms with E-state index in [2.05, 4.69) is 20.2 Å². The Hall–Kier alpha value is -2.74. The van der Waals surface area contributed by atoms with E-state index in [9.17, 15) is 9.90 Å². The number of aliphatic hydroxyl groups is 1. The van der Waals surface area contributed by atoms with Crippen molar-refractivity contribution in [2.75, 3.05) is 5.73 Å². The maximum absolute atomic E-state index is 13.3. The number of nitrogens with zero attached hydrogens (tertiary/aromatic N) is 4. The van der Waals surface area contributed by atoms with Gasteiger partial charge in [0, 0.05) is 23.2 Å². The lowest BCUT2D eigenvalue weighted by molar-refractivity contribution is 0.0100. The van der Waals surface area contributed by atoms with E-state index in [0.717, 1.165) is 16.6 Å². The number of hydrogen-bond donors (Lipinski definition) is 3. The first-order chi connectivity index (χ1) is 12.4. The smallest absolute Gasteiger partial charge is 0.260 e. The summed E-state index contributed by atoms with van der Waals surface area (Å²) in [4.78, 5) is 21.9. The van der Waals surface area contributed by atoms with Gasteiger partial charge >= 0.3 is 0 Å². The van der Waals surface area contributed by atoms with Crippen LogP contribution in [0, 0.1) is 6.92 Å². The van der Waals surface area contributed by atoms with Gasteiger partial charge in [0.25, 0.3) is 5.56 Å². The minimum atomic E-state index is -0.679. The first kappa shape index (κ1) is 16.7. The van der Waals surface area contributed by atoms with Gasteiger partial charge in [-0.05, 0) is 45.6 Å². The molecule has 1 aliphatic rings. The molecule has 0 bridgehead atoms. The fourth-order valence-electron chi connectivity index (χ4n) is 3.80. The van der Waals surface area contributed by atoms with Crippen LogP contribution in [0.5, 0.6) is 0 Å². The second-order valence-electron chi connectivity index (χ2n) is 7.35. The van der Waals surface area contributed by atoms with Crippen LogP contribution in [0.25, 0.3) is 22.2 Å². The van der Waals surface area contributed by atoms with Crippen molar-refractivity contribution >= 4 is 17.0 Å². The van der Waals surface area contributed by atoms with E-state index >= 15 is 0 Å². The first-order valence-corrected chi connectivity index (χ1v) is 8.77. The number of H-pyrrole nitrogens is 1. The lowest BCUT2D eigenvalue weighted by Crippen LogP contribution is -2.35. The molecule has 8 heteroatoms. The van der Waals surface area contributed by atoms with Gasteiger partial charge in [-0.25, -0.2) is 4.98 Å². The van der Waals surface area contributed by atoms with Crippen LogP contribution in [0.15, 0.2) is 23.3 Å². The molecule has 3 aromatic heterocycles. The summed E-state index contributed by atoms with van der Waals surface area (Å²) in [6.07, 6.45) is 6.03. The van der Waals surface area contributed by atoms with E-state index in [1.165, 1.54) is 0 Å². The molecule has 4 N–H and O–H groups in total. The lowest BCUT2D eigenvalue weighted by Gasteiger charge is -2.34. The zero-order chi connectivity index (χ0) is 18.5. The van der Waals surface area contributed by atoms with Crippen LogP contribution in [0.3, 0.4) is 0 Å². The number of aromatic nitrogens is 5. The number of rotatable bonds is 2. The number of aromatic amines is 1. The number of nitrogen functional groups attached to an aromatic ring is 1. The molecule has 4 rings (SSSR count). The van der Waals surface area contributed by atoms with Crippen LogP contribution < -0.4 is 11.3 Å². The highest BCUT2D eigenvalue weighted by atomic mass is 16.3. The average Bonchev–Trinajstić information content (AvgIpc) is 3.09. The molecule has 1 saturated carbocycles. The largest absolute Gasteiger partial charge is 0.390 e. The standard InChI is InChI=1S/C18H22N6O2/c1-10-13-7-14(11-8-20-21-9-11)16(25)24(15(13)23-17(19)22-10)12-3-5-18(2,26)6-4-12/h7-9,12,26H,3-6H2,1-2H3,(H,20,21)(H2,19,22,23). The third kappa shape index (κ3) is 2.76. The van der Waals surface area contributed by atoms with Crippen molar-refractivity contribution in [2.24, 2.45) is 0 Å². The van der Waals surface area contributed by atoms with Gasteiger partial charge < -0.3 is 10.8 Å². The Kier molecular flexibility index (Phi) is 3.80.